The molecule has 0 aliphatic carbocycles. The number of hydrogen-bond acceptors (Lipinski definition) is 4. The average Bonchev–Trinajstić information content (AvgIpc) is 2.26. The van der Waals surface area contributed by atoms with Crippen LogP contribution in [-0.2, 0) is 5.88 Å². The van der Waals surface area contributed by atoms with E-state index in [4.69, 9.17) is 16.9 Å². The third-order valence-corrected chi connectivity index (χ3v) is 2.03. The SMILES string of the molecule is N#Cc1nc(CCl)c([N+](=O)[O-])cc1C(F)F. The highest BCUT2D eigenvalue weighted by atomic mass is 35.5. The zero-order valence-electron chi connectivity index (χ0n) is 7.65. The molecule has 16 heavy (non-hydrogen) atoms. The molecule has 8 heteroatoms. The summed E-state index contributed by atoms with van der Waals surface area (Å²) in [4.78, 5) is 13.1. The van der Waals surface area contributed by atoms with Crippen LogP contribution < -0.4 is 0 Å². The maximum absolute atomic E-state index is 12.4. The molecule has 84 valence electrons. The number of nitro groups is 1. The van der Waals surface area contributed by atoms with Crippen molar-refractivity contribution in [2.24, 2.45) is 0 Å². The fraction of sp³-hybridized carbons (Fsp3) is 0.250. The Morgan fingerprint density at radius 3 is 2.69 bits per heavy atom. The van der Waals surface area contributed by atoms with Gasteiger partial charge in [0.2, 0.25) is 0 Å². The van der Waals surface area contributed by atoms with Crippen molar-refractivity contribution in [3.05, 3.63) is 33.1 Å². The van der Waals surface area contributed by atoms with Gasteiger partial charge >= 0.3 is 0 Å². The van der Waals surface area contributed by atoms with E-state index in [9.17, 15) is 18.9 Å². The number of nitrogens with zero attached hydrogens (tertiary/aromatic N) is 3. The molecule has 0 aliphatic rings. The number of hydrogen-bond donors (Lipinski definition) is 0. The summed E-state index contributed by atoms with van der Waals surface area (Å²) in [5.41, 5.74) is -2.11. The average molecular weight is 248 g/mol. The summed E-state index contributed by atoms with van der Waals surface area (Å²) in [5, 5.41) is 19.1. The normalized spacial score (nSPS) is 10.2. The highest BCUT2D eigenvalue weighted by molar-refractivity contribution is 6.17. The van der Waals surface area contributed by atoms with E-state index in [0.717, 1.165) is 0 Å². The van der Waals surface area contributed by atoms with Crippen LogP contribution in [0.2, 0.25) is 0 Å². The fourth-order valence-corrected chi connectivity index (χ4v) is 1.26. The molecular formula is C8H4ClF2N3O2. The highest BCUT2D eigenvalue weighted by Crippen LogP contribution is 2.28. The first-order chi connectivity index (χ1) is 7.51. The Hall–Kier alpha value is -1.81. The van der Waals surface area contributed by atoms with Gasteiger partial charge in [-0.3, -0.25) is 10.1 Å². The van der Waals surface area contributed by atoms with Crippen molar-refractivity contribution in [2.45, 2.75) is 12.3 Å². The van der Waals surface area contributed by atoms with Crippen molar-refractivity contribution in [2.75, 3.05) is 0 Å². The Bertz CT molecular complexity index is 473. The molecule has 0 spiro atoms. The molecule has 1 rings (SSSR count). The first-order valence-electron chi connectivity index (χ1n) is 3.93. The summed E-state index contributed by atoms with van der Waals surface area (Å²) in [6.07, 6.45) is -3.00. The smallest absolute Gasteiger partial charge is 0.258 e. The molecule has 0 unspecified atom stereocenters. The van der Waals surface area contributed by atoms with Crippen molar-refractivity contribution in [1.29, 1.82) is 5.26 Å². The van der Waals surface area contributed by atoms with Gasteiger partial charge in [-0.2, -0.15) is 5.26 Å². The lowest BCUT2D eigenvalue weighted by Gasteiger charge is -2.04. The van der Waals surface area contributed by atoms with Crippen molar-refractivity contribution >= 4 is 17.3 Å². The predicted octanol–water partition coefficient (Wildman–Crippen LogP) is 2.54. The molecule has 1 aromatic heterocycles. The van der Waals surface area contributed by atoms with Crippen LogP contribution in [0.5, 0.6) is 0 Å². The Morgan fingerprint density at radius 1 is 1.69 bits per heavy atom. The number of pyridine rings is 1. The number of nitriles is 1. The van der Waals surface area contributed by atoms with Gasteiger partial charge in [0.25, 0.3) is 12.1 Å². The summed E-state index contributed by atoms with van der Waals surface area (Å²) >= 11 is 5.37. The number of aromatic nitrogens is 1. The number of halogens is 3. The molecule has 0 atom stereocenters. The van der Waals surface area contributed by atoms with Crippen LogP contribution >= 0.6 is 11.6 Å². The molecule has 0 aliphatic heterocycles. The van der Waals surface area contributed by atoms with E-state index in [2.05, 4.69) is 4.98 Å². The molecule has 0 aromatic carbocycles. The lowest BCUT2D eigenvalue weighted by atomic mass is 10.1. The lowest BCUT2D eigenvalue weighted by molar-refractivity contribution is -0.385. The second-order valence-electron chi connectivity index (χ2n) is 2.70. The molecule has 1 aromatic rings. The van der Waals surface area contributed by atoms with Gasteiger partial charge < -0.3 is 0 Å². The van der Waals surface area contributed by atoms with Gasteiger partial charge in [0.05, 0.1) is 16.4 Å². The first-order valence-corrected chi connectivity index (χ1v) is 4.47. The molecule has 0 fully saturated rings. The van der Waals surface area contributed by atoms with Gasteiger partial charge in [-0.1, -0.05) is 0 Å². The predicted molar refractivity (Wildman–Crippen MR) is 50.1 cm³/mol. The topological polar surface area (TPSA) is 79.8 Å². The van der Waals surface area contributed by atoms with E-state index in [1.165, 1.54) is 6.07 Å². The molecule has 0 amide bonds. The van der Waals surface area contributed by atoms with Crippen molar-refractivity contribution < 1.29 is 13.7 Å². The van der Waals surface area contributed by atoms with Crippen LogP contribution in [-0.4, -0.2) is 9.91 Å². The zero-order valence-corrected chi connectivity index (χ0v) is 8.41. The number of rotatable bonds is 3. The van der Waals surface area contributed by atoms with Gasteiger partial charge in [0.1, 0.15) is 17.5 Å². The lowest BCUT2D eigenvalue weighted by Crippen LogP contribution is -2.03. The third-order valence-electron chi connectivity index (χ3n) is 1.77. The van der Waals surface area contributed by atoms with Gasteiger partial charge in [-0.25, -0.2) is 13.8 Å². The summed E-state index contributed by atoms with van der Waals surface area (Å²) in [6.45, 7) is 0. The molecule has 0 saturated heterocycles. The van der Waals surface area contributed by atoms with Gasteiger partial charge in [0.15, 0.2) is 0 Å². The van der Waals surface area contributed by atoms with Crippen LogP contribution in [0.1, 0.15) is 23.4 Å². The fourth-order valence-electron chi connectivity index (χ4n) is 1.07. The molecule has 0 saturated carbocycles. The second kappa shape index (κ2) is 4.81. The van der Waals surface area contributed by atoms with Crippen LogP contribution in [0.3, 0.4) is 0 Å². The number of alkyl halides is 3. The van der Waals surface area contributed by atoms with Gasteiger partial charge in [-0.15, -0.1) is 11.6 Å². The minimum Gasteiger partial charge on any atom is -0.258 e. The Balaban J connectivity index is 3.48. The van der Waals surface area contributed by atoms with E-state index in [0.29, 0.717) is 6.07 Å². The Kier molecular flexibility index (Phi) is 3.68. The van der Waals surface area contributed by atoms with Gasteiger partial charge in [0, 0.05) is 6.07 Å². The minimum absolute atomic E-state index is 0.201. The summed E-state index contributed by atoms with van der Waals surface area (Å²) < 4.78 is 24.9. The Morgan fingerprint density at radius 2 is 2.31 bits per heavy atom. The summed E-state index contributed by atoms with van der Waals surface area (Å²) in [6, 6.07) is 2.08. The highest BCUT2D eigenvalue weighted by Gasteiger charge is 2.23. The quantitative estimate of drug-likeness (QED) is 0.467. The maximum atomic E-state index is 12.4. The monoisotopic (exact) mass is 247 g/mol. The molecular weight excluding hydrogens is 244 g/mol. The second-order valence-corrected chi connectivity index (χ2v) is 2.96. The molecule has 0 bridgehead atoms. The van der Waals surface area contributed by atoms with Crippen LogP contribution in [0.15, 0.2) is 6.07 Å². The van der Waals surface area contributed by atoms with E-state index in [-0.39, 0.29) is 11.6 Å². The minimum atomic E-state index is -3.00. The van der Waals surface area contributed by atoms with Crippen molar-refractivity contribution in [1.82, 2.24) is 4.98 Å². The first kappa shape index (κ1) is 12.3. The molecule has 0 N–H and O–H groups in total. The van der Waals surface area contributed by atoms with Gasteiger partial charge in [-0.05, 0) is 0 Å². The molecule has 5 nitrogen and oxygen atoms in total. The van der Waals surface area contributed by atoms with Crippen molar-refractivity contribution in [3.8, 4) is 6.07 Å². The summed E-state index contributed by atoms with van der Waals surface area (Å²) in [7, 11) is 0. The third kappa shape index (κ3) is 2.23. The molecule has 0 radical (unpaired) electrons. The van der Waals surface area contributed by atoms with E-state index >= 15 is 0 Å². The van der Waals surface area contributed by atoms with Crippen molar-refractivity contribution in [3.63, 3.8) is 0 Å². The standard InChI is InChI=1S/C8H4ClF2N3O2/c9-2-5-7(14(15)16)1-4(8(10)11)6(3-12)13-5/h1,8H,2H2. The van der Waals surface area contributed by atoms with E-state index in [1.54, 1.807) is 0 Å². The largest absolute Gasteiger partial charge is 0.292 e. The molecule has 1 heterocycles. The summed E-state index contributed by atoms with van der Waals surface area (Å²) in [5.74, 6) is -0.325. The maximum Gasteiger partial charge on any atom is 0.292 e. The van der Waals surface area contributed by atoms with Crippen LogP contribution in [0.4, 0.5) is 14.5 Å². The Labute approximate surface area is 93.4 Å². The van der Waals surface area contributed by atoms with Crippen LogP contribution in [0, 0.1) is 21.4 Å². The van der Waals surface area contributed by atoms with E-state index in [1.807, 2.05) is 0 Å². The van der Waals surface area contributed by atoms with E-state index < -0.39 is 28.3 Å². The zero-order chi connectivity index (χ0) is 12.3. The van der Waals surface area contributed by atoms with Crippen LogP contribution in [0.25, 0.3) is 0 Å².